The average molecular weight is 424 g/mol. The fourth-order valence-corrected chi connectivity index (χ4v) is 3.38. The largest absolute Gasteiger partial charge is 0.377 e. The van der Waals surface area contributed by atoms with Gasteiger partial charge in [-0.25, -0.2) is 4.39 Å². The van der Waals surface area contributed by atoms with E-state index in [0.717, 1.165) is 0 Å². The molecule has 1 amide bonds. The van der Waals surface area contributed by atoms with Crippen molar-refractivity contribution < 1.29 is 9.18 Å². The highest BCUT2D eigenvalue weighted by atomic mass is 35.5. The number of amides is 1. The first-order chi connectivity index (χ1) is 13.3. The summed E-state index contributed by atoms with van der Waals surface area (Å²) in [6.45, 7) is 1.73. The molecule has 0 spiro atoms. The van der Waals surface area contributed by atoms with E-state index in [0.29, 0.717) is 22.0 Å². The molecule has 3 rings (SSSR count). The molecule has 146 valence electrons. The molecule has 28 heavy (non-hydrogen) atoms. The molecule has 0 aliphatic rings. The van der Waals surface area contributed by atoms with Gasteiger partial charge in [-0.3, -0.25) is 14.3 Å². The first kappa shape index (κ1) is 19.9. The fourth-order valence-electron chi connectivity index (χ4n) is 2.68. The number of aryl methyl sites for hydroxylation is 1. The van der Waals surface area contributed by atoms with Crippen molar-refractivity contribution in [1.29, 1.82) is 0 Å². The van der Waals surface area contributed by atoms with Crippen molar-refractivity contribution in [1.82, 2.24) is 14.8 Å². The Morgan fingerprint density at radius 2 is 2.07 bits per heavy atom. The molecule has 0 aliphatic carbocycles. The smallest absolute Gasteiger partial charge is 0.261 e. The summed E-state index contributed by atoms with van der Waals surface area (Å²) < 4.78 is 15.3. The van der Waals surface area contributed by atoms with Gasteiger partial charge in [0.15, 0.2) is 0 Å². The number of aromatic nitrogens is 3. The summed E-state index contributed by atoms with van der Waals surface area (Å²) in [6, 6.07) is 3.50. The van der Waals surface area contributed by atoms with Crippen molar-refractivity contribution in [3.63, 3.8) is 0 Å². The van der Waals surface area contributed by atoms with Crippen molar-refractivity contribution in [2.24, 2.45) is 7.05 Å². The molecule has 0 radical (unpaired) electrons. The van der Waals surface area contributed by atoms with Crippen molar-refractivity contribution in [3.05, 3.63) is 74.1 Å². The van der Waals surface area contributed by atoms with Crippen LogP contribution in [-0.4, -0.2) is 20.7 Å². The molecule has 0 saturated carbocycles. The Bertz CT molecular complexity index is 1100. The van der Waals surface area contributed by atoms with Gasteiger partial charge >= 0.3 is 0 Å². The van der Waals surface area contributed by atoms with Crippen LogP contribution in [-0.2, 0) is 7.05 Å². The van der Waals surface area contributed by atoms with Gasteiger partial charge in [0.1, 0.15) is 11.4 Å². The zero-order valence-corrected chi connectivity index (χ0v) is 16.4. The minimum absolute atomic E-state index is 0.0912. The molecule has 0 aliphatic heterocycles. The summed E-state index contributed by atoms with van der Waals surface area (Å²) in [5.74, 6) is -1.18. The Labute approximate surface area is 169 Å². The third-order valence-corrected chi connectivity index (χ3v) is 4.72. The number of pyridine rings is 1. The van der Waals surface area contributed by atoms with Crippen LogP contribution in [0.15, 0.2) is 41.6 Å². The van der Waals surface area contributed by atoms with Crippen molar-refractivity contribution >= 4 is 40.5 Å². The van der Waals surface area contributed by atoms with Gasteiger partial charge in [-0.05, 0) is 25.1 Å². The van der Waals surface area contributed by atoms with E-state index in [1.807, 2.05) is 0 Å². The van der Waals surface area contributed by atoms with E-state index in [9.17, 15) is 14.0 Å². The van der Waals surface area contributed by atoms with Crippen molar-refractivity contribution in [2.75, 3.05) is 10.6 Å². The van der Waals surface area contributed by atoms with Crippen LogP contribution in [0.5, 0.6) is 0 Å². The molecule has 3 aromatic rings. The number of carbonyl (C=O) groups excluding carboxylic acids is 1. The monoisotopic (exact) mass is 423 g/mol. The lowest BCUT2D eigenvalue weighted by Gasteiger charge is -2.19. The van der Waals surface area contributed by atoms with E-state index < -0.39 is 23.3 Å². The maximum Gasteiger partial charge on any atom is 0.261 e. The van der Waals surface area contributed by atoms with Gasteiger partial charge in [0, 0.05) is 30.0 Å². The first-order valence-electron chi connectivity index (χ1n) is 8.19. The SMILES string of the molecule is C[C@@H](Nc1c[nH]c(=O)c(C(=O)Nc2cnn(C)c2)c1)c1c(Cl)ccc(F)c1Cl. The lowest BCUT2D eigenvalue weighted by Crippen LogP contribution is -2.23. The Hall–Kier alpha value is -2.84. The van der Waals surface area contributed by atoms with Gasteiger partial charge in [-0.15, -0.1) is 0 Å². The lowest BCUT2D eigenvalue weighted by molar-refractivity contribution is 0.102. The summed E-state index contributed by atoms with van der Waals surface area (Å²) in [5, 5.41) is 9.80. The molecule has 2 aromatic heterocycles. The highest BCUT2D eigenvalue weighted by molar-refractivity contribution is 6.36. The highest BCUT2D eigenvalue weighted by Crippen LogP contribution is 2.33. The maximum absolute atomic E-state index is 13.8. The molecule has 2 heterocycles. The van der Waals surface area contributed by atoms with Crippen LogP contribution in [0, 0.1) is 5.82 Å². The van der Waals surface area contributed by atoms with Crippen LogP contribution < -0.4 is 16.2 Å². The predicted molar refractivity (Wildman–Crippen MR) is 107 cm³/mol. The van der Waals surface area contributed by atoms with Gasteiger partial charge in [0.25, 0.3) is 11.5 Å². The molecule has 0 bridgehead atoms. The van der Waals surface area contributed by atoms with Crippen LogP contribution in [0.25, 0.3) is 0 Å². The second-order valence-corrected chi connectivity index (χ2v) is 6.90. The van der Waals surface area contributed by atoms with E-state index in [-0.39, 0.29) is 10.6 Å². The van der Waals surface area contributed by atoms with E-state index in [4.69, 9.17) is 23.2 Å². The number of benzene rings is 1. The number of aromatic amines is 1. The summed E-state index contributed by atoms with van der Waals surface area (Å²) >= 11 is 12.2. The van der Waals surface area contributed by atoms with Gasteiger partial charge < -0.3 is 15.6 Å². The maximum atomic E-state index is 13.8. The highest BCUT2D eigenvalue weighted by Gasteiger charge is 2.18. The average Bonchev–Trinajstić information content (AvgIpc) is 3.05. The fraction of sp³-hybridized carbons (Fsp3) is 0.167. The van der Waals surface area contributed by atoms with Crippen molar-refractivity contribution in [3.8, 4) is 0 Å². The standard InChI is InChI=1S/C18H16Cl2FN5O2/c1-9(15-13(19)3-4-14(21)16(15)20)24-10-5-12(17(27)22-6-10)18(28)25-11-7-23-26(2)8-11/h3-9,24H,1-2H3,(H,22,27)(H,25,28)/t9-/m1/s1. The number of nitrogens with one attached hydrogen (secondary N) is 3. The predicted octanol–water partition coefficient (Wildman–Crippen LogP) is 3.98. The van der Waals surface area contributed by atoms with Crippen LogP contribution in [0.4, 0.5) is 15.8 Å². The summed E-state index contributed by atoms with van der Waals surface area (Å²) in [5.41, 5.74) is 0.603. The van der Waals surface area contributed by atoms with E-state index >= 15 is 0 Å². The molecule has 1 atom stereocenters. The zero-order chi connectivity index (χ0) is 20.4. The molecule has 0 fully saturated rings. The van der Waals surface area contributed by atoms with E-state index in [1.165, 1.54) is 35.3 Å². The number of carbonyl (C=O) groups is 1. The summed E-state index contributed by atoms with van der Waals surface area (Å²) in [6.07, 6.45) is 4.47. The van der Waals surface area contributed by atoms with Gasteiger partial charge in [0.2, 0.25) is 0 Å². The summed E-state index contributed by atoms with van der Waals surface area (Å²) in [7, 11) is 1.71. The molecule has 7 nitrogen and oxygen atoms in total. The number of H-pyrrole nitrogens is 1. The molecular weight excluding hydrogens is 408 g/mol. The summed E-state index contributed by atoms with van der Waals surface area (Å²) in [4.78, 5) is 27.0. The molecule has 0 saturated heterocycles. The van der Waals surface area contributed by atoms with Crippen LogP contribution in [0.2, 0.25) is 10.0 Å². The van der Waals surface area contributed by atoms with Gasteiger partial charge in [-0.1, -0.05) is 23.2 Å². The Kier molecular flexibility index (Phi) is 5.71. The molecule has 3 N–H and O–H groups in total. The molecule has 1 aromatic carbocycles. The second kappa shape index (κ2) is 8.04. The minimum atomic E-state index is -0.590. The Morgan fingerprint density at radius 1 is 1.32 bits per heavy atom. The zero-order valence-electron chi connectivity index (χ0n) is 14.9. The number of nitrogens with zero attached hydrogens (tertiary/aromatic N) is 2. The normalized spacial score (nSPS) is 11.9. The van der Waals surface area contributed by atoms with Crippen LogP contribution in [0.1, 0.15) is 28.9 Å². The third kappa shape index (κ3) is 4.18. The molecule has 10 heteroatoms. The Morgan fingerprint density at radius 3 is 2.75 bits per heavy atom. The number of anilines is 2. The third-order valence-electron chi connectivity index (χ3n) is 4.01. The van der Waals surface area contributed by atoms with E-state index in [1.54, 1.807) is 20.2 Å². The second-order valence-electron chi connectivity index (χ2n) is 6.11. The van der Waals surface area contributed by atoms with Crippen molar-refractivity contribution in [2.45, 2.75) is 13.0 Å². The quantitative estimate of drug-likeness (QED) is 0.541. The number of halogens is 3. The first-order valence-corrected chi connectivity index (χ1v) is 8.94. The number of hydrogen-bond acceptors (Lipinski definition) is 4. The number of hydrogen-bond donors (Lipinski definition) is 3. The minimum Gasteiger partial charge on any atom is -0.377 e. The van der Waals surface area contributed by atoms with Crippen LogP contribution in [0.3, 0.4) is 0 Å². The lowest BCUT2D eigenvalue weighted by atomic mass is 10.1. The number of rotatable bonds is 5. The Balaban J connectivity index is 1.84. The topological polar surface area (TPSA) is 91.8 Å². The van der Waals surface area contributed by atoms with E-state index in [2.05, 4.69) is 20.7 Å². The molecule has 0 unspecified atom stereocenters. The van der Waals surface area contributed by atoms with Gasteiger partial charge in [0.05, 0.1) is 28.6 Å². The molecular formula is C18H16Cl2FN5O2. The van der Waals surface area contributed by atoms with Gasteiger partial charge in [-0.2, -0.15) is 5.10 Å². The van der Waals surface area contributed by atoms with Crippen LogP contribution >= 0.6 is 23.2 Å².